The summed E-state index contributed by atoms with van der Waals surface area (Å²) in [5.41, 5.74) is 6.52. The molecule has 0 saturated heterocycles. The molecule has 3 nitrogen and oxygen atoms in total. The molecule has 1 heterocycles. The maximum atomic E-state index is 6.15. The van der Waals surface area contributed by atoms with Crippen LogP contribution in [0.1, 0.15) is 0 Å². The molecular formula is C11H13ClN2O. The Morgan fingerprint density at radius 2 is 2.20 bits per heavy atom. The zero-order chi connectivity index (χ0) is 10.8. The number of methoxy groups -OCH3 is 1. The van der Waals surface area contributed by atoms with Gasteiger partial charge in [0.05, 0.1) is 17.6 Å². The summed E-state index contributed by atoms with van der Waals surface area (Å²) in [5.74, 6) is 0.838. The van der Waals surface area contributed by atoms with Crippen molar-refractivity contribution in [3.63, 3.8) is 0 Å². The van der Waals surface area contributed by atoms with Crippen LogP contribution in [0.25, 0.3) is 10.9 Å². The Morgan fingerprint density at radius 3 is 2.87 bits per heavy atom. The van der Waals surface area contributed by atoms with Gasteiger partial charge in [-0.15, -0.1) is 0 Å². The zero-order valence-electron chi connectivity index (χ0n) is 8.53. The van der Waals surface area contributed by atoms with E-state index in [-0.39, 0.29) is 0 Å². The van der Waals surface area contributed by atoms with E-state index in [1.54, 1.807) is 7.11 Å². The first-order valence-corrected chi connectivity index (χ1v) is 5.17. The maximum Gasteiger partial charge on any atom is 0.128 e. The van der Waals surface area contributed by atoms with Crippen molar-refractivity contribution in [2.24, 2.45) is 5.73 Å². The Balaban J connectivity index is 2.67. The van der Waals surface area contributed by atoms with Crippen molar-refractivity contribution in [1.29, 1.82) is 0 Å². The van der Waals surface area contributed by atoms with Gasteiger partial charge in [-0.05, 0) is 18.2 Å². The van der Waals surface area contributed by atoms with Gasteiger partial charge in [-0.25, -0.2) is 0 Å². The molecule has 1 aromatic carbocycles. The first-order valence-electron chi connectivity index (χ1n) is 4.79. The molecule has 0 aliphatic heterocycles. The maximum absolute atomic E-state index is 6.15. The molecule has 1 aromatic heterocycles. The van der Waals surface area contributed by atoms with E-state index in [0.29, 0.717) is 6.54 Å². The fourth-order valence-electron chi connectivity index (χ4n) is 1.76. The number of ether oxygens (including phenoxy) is 1. The van der Waals surface area contributed by atoms with Gasteiger partial charge in [-0.3, -0.25) is 0 Å². The molecule has 0 atom stereocenters. The minimum atomic E-state index is 0.595. The highest BCUT2D eigenvalue weighted by molar-refractivity contribution is 6.35. The number of aromatic nitrogens is 1. The molecule has 4 heteroatoms. The summed E-state index contributed by atoms with van der Waals surface area (Å²) in [7, 11) is 1.66. The number of nitrogens with zero attached hydrogens (tertiary/aromatic N) is 1. The van der Waals surface area contributed by atoms with E-state index in [9.17, 15) is 0 Å². The SMILES string of the molecule is COc1ccc(Cl)c2c1ccn2CCN. The lowest BCUT2D eigenvalue weighted by atomic mass is 10.2. The van der Waals surface area contributed by atoms with Crippen molar-refractivity contribution < 1.29 is 4.74 Å². The van der Waals surface area contributed by atoms with Crippen molar-refractivity contribution in [3.8, 4) is 5.75 Å². The van der Waals surface area contributed by atoms with Crippen LogP contribution in [-0.4, -0.2) is 18.2 Å². The Morgan fingerprint density at radius 1 is 1.40 bits per heavy atom. The van der Waals surface area contributed by atoms with E-state index in [2.05, 4.69) is 0 Å². The molecule has 2 rings (SSSR count). The van der Waals surface area contributed by atoms with Crippen LogP contribution in [0, 0.1) is 0 Å². The van der Waals surface area contributed by atoms with Crippen molar-refractivity contribution in [3.05, 3.63) is 29.4 Å². The number of hydrogen-bond donors (Lipinski definition) is 1. The molecule has 0 aliphatic rings. The Hall–Kier alpha value is -1.19. The topological polar surface area (TPSA) is 40.2 Å². The highest BCUT2D eigenvalue weighted by atomic mass is 35.5. The summed E-state index contributed by atoms with van der Waals surface area (Å²) in [6, 6.07) is 5.71. The van der Waals surface area contributed by atoms with E-state index >= 15 is 0 Å². The van der Waals surface area contributed by atoms with Crippen molar-refractivity contribution >= 4 is 22.5 Å². The lowest BCUT2D eigenvalue weighted by Crippen LogP contribution is -2.08. The highest BCUT2D eigenvalue weighted by Crippen LogP contribution is 2.32. The summed E-state index contributed by atoms with van der Waals surface area (Å²) in [6.07, 6.45) is 1.98. The fraction of sp³-hybridized carbons (Fsp3) is 0.273. The smallest absolute Gasteiger partial charge is 0.128 e. The van der Waals surface area contributed by atoms with Gasteiger partial charge < -0.3 is 15.0 Å². The average molecular weight is 225 g/mol. The number of hydrogen-bond acceptors (Lipinski definition) is 2. The molecule has 0 saturated carbocycles. The van der Waals surface area contributed by atoms with Gasteiger partial charge in [0.2, 0.25) is 0 Å². The van der Waals surface area contributed by atoms with Crippen LogP contribution in [0.2, 0.25) is 5.02 Å². The van der Waals surface area contributed by atoms with Crippen LogP contribution in [0.3, 0.4) is 0 Å². The molecule has 0 spiro atoms. The number of rotatable bonds is 3. The predicted octanol–water partition coefficient (Wildman–Crippen LogP) is 2.26. The van der Waals surface area contributed by atoms with Crippen LogP contribution in [0.4, 0.5) is 0 Å². The normalized spacial score (nSPS) is 10.9. The molecule has 0 fully saturated rings. The first-order chi connectivity index (χ1) is 7.27. The first kappa shape index (κ1) is 10.3. The molecule has 0 unspecified atom stereocenters. The standard InChI is InChI=1S/C11H13ClN2O/c1-15-10-3-2-9(12)11-8(10)4-6-14(11)7-5-13/h2-4,6H,5,7,13H2,1H3. The minimum Gasteiger partial charge on any atom is -0.496 e. The molecule has 15 heavy (non-hydrogen) atoms. The van der Waals surface area contributed by atoms with E-state index in [4.69, 9.17) is 22.1 Å². The third-order valence-electron chi connectivity index (χ3n) is 2.43. The summed E-state index contributed by atoms with van der Waals surface area (Å²) < 4.78 is 7.31. The van der Waals surface area contributed by atoms with Crippen LogP contribution >= 0.6 is 11.6 Å². The lowest BCUT2D eigenvalue weighted by molar-refractivity contribution is 0.420. The molecule has 0 bridgehead atoms. The molecule has 80 valence electrons. The molecule has 2 N–H and O–H groups in total. The average Bonchev–Trinajstić information content (AvgIpc) is 2.64. The molecule has 0 aliphatic carbocycles. The molecule has 0 radical (unpaired) electrons. The molecule has 2 aromatic rings. The van der Waals surface area contributed by atoms with Crippen molar-refractivity contribution in [2.45, 2.75) is 6.54 Å². The predicted molar refractivity (Wildman–Crippen MR) is 62.6 cm³/mol. The second-order valence-electron chi connectivity index (χ2n) is 3.31. The van der Waals surface area contributed by atoms with E-state index < -0.39 is 0 Å². The number of benzene rings is 1. The zero-order valence-corrected chi connectivity index (χ0v) is 9.29. The van der Waals surface area contributed by atoms with Gasteiger partial charge in [-0.1, -0.05) is 11.6 Å². The third kappa shape index (κ3) is 1.68. The van der Waals surface area contributed by atoms with Crippen molar-refractivity contribution in [2.75, 3.05) is 13.7 Å². The number of nitrogens with two attached hydrogens (primary N) is 1. The highest BCUT2D eigenvalue weighted by Gasteiger charge is 2.09. The van der Waals surface area contributed by atoms with Crippen LogP contribution < -0.4 is 10.5 Å². The molecular weight excluding hydrogens is 212 g/mol. The van der Waals surface area contributed by atoms with E-state index in [1.165, 1.54) is 0 Å². The van der Waals surface area contributed by atoms with Crippen molar-refractivity contribution in [1.82, 2.24) is 4.57 Å². The van der Waals surface area contributed by atoms with Crippen LogP contribution in [0.15, 0.2) is 24.4 Å². The summed E-state index contributed by atoms with van der Waals surface area (Å²) in [5, 5.41) is 1.75. The van der Waals surface area contributed by atoms with Gasteiger partial charge >= 0.3 is 0 Å². The lowest BCUT2D eigenvalue weighted by Gasteiger charge is -2.07. The van der Waals surface area contributed by atoms with Crippen LogP contribution in [0.5, 0.6) is 5.75 Å². The largest absolute Gasteiger partial charge is 0.496 e. The summed E-state index contributed by atoms with van der Waals surface area (Å²) in [6.45, 7) is 1.35. The fourth-order valence-corrected chi connectivity index (χ4v) is 2.03. The molecule has 0 amide bonds. The van der Waals surface area contributed by atoms with Gasteiger partial charge in [0, 0.05) is 24.7 Å². The second kappa shape index (κ2) is 4.13. The Kier molecular flexibility index (Phi) is 2.84. The van der Waals surface area contributed by atoms with Gasteiger partial charge in [0.25, 0.3) is 0 Å². The quantitative estimate of drug-likeness (QED) is 0.869. The minimum absolute atomic E-state index is 0.595. The summed E-state index contributed by atoms with van der Waals surface area (Å²) >= 11 is 6.15. The second-order valence-corrected chi connectivity index (χ2v) is 3.72. The Labute approximate surface area is 93.4 Å². The van der Waals surface area contributed by atoms with Crippen LogP contribution in [-0.2, 0) is 6.54 Å². The van der Waals surface area contributed by atoms with Gasteiger partial charge in [-0.2, -0.15) is 0 Å². The van der Waals surface area contributed by atoms with E-state index in [0.717, 1.165) is 28.2 Å². The summed E-state index contributed by atoms with van der Waals surface area (Å²) in [4.78, 5) is 0. The monoisotopic (exact) mass is 224 g/mol. The van der Waals surface area contributed by atoms with Gasteiger partial charge in [0.1, 0.15) is 5.75 Å². The number of fused-ring (bicyclic) bond motifs is 1. The van der Waals surface area contributed by atoms with Gasteiger partial charge in [0.15, 0.2) is 0 Å². The Bertz CT molecular complexity index is 479. The van der Waals surface area contributed by atoms with E-state index in [1.807, 2.05) is 29.0 Å². The number of halogens is 1. The third-order valence-corrected chi connectivity index (χ3v) is 2.73.